The van der Waals surface area contributed by atoms with Gasteiger partial charge in [0.2, 0.25) is 0 Å². The monoisotopic (exact) mass is 249 g/mol. The van der Waals surface area contributed by atoms with Gasteiger partial charge in [-0.25, -0.2) is 4.98 Å². The van der Waals surface area contributed by atoms with Crippen molar-refractivity contribution >= 4 is 22.6 Å². The van der Waals surface area contributed by atoms with Crippen molar-refractivity contribution in [3.63, 3.8) is 0 Å². The van der Waals surface area contributed by atoms with E-state index in [1.54, 1.807) is 0 Å². The van der Waals surface area contributed by atoms with Crippen LogP contribution in [0.4, 0.5) is 0 Å². The van der Waals surface area contributed by atoms with E-state index in [0.717, 1.165) is 40.9 Å². The van der Waals surface area contributed by atoms with Gasteiger partial charge in [-0.3, -0.25) is 0 Å². The summed E-state index contributed by atoms with van der Waals surface area (Å²) in [7, 11) is 2.07. The number of nitrogens with zero attached hydrogens (tertiary/aromatic N) is 2. The number of aryl methyl sites for hydroxylation is 1. The van der Waals surface area contributed by atoms with Crippen LogP contribution in [0.1, 0.15) is 18.7 Å². The van der Waals surface area contributed by atoms with Crippen LogP contribution in [0.25, 0.3) is 11.0 Å². The van der Waals surface area contributed by atoms with E-state index >= 15 is 0 Å². The number of halogens is 1. The lowest BCUT2D eigenvalue weighted by Gasteiger charge is -2.03. The highest BCUT2D eigenvalue weighted by atomic mass is 35.5. The van der Waals surface area contributed by atoms with Gasteiger partial charge in [-0.05, 0) is 31.0 Å². The van der Waals surface area contributed by atoms with Crippen LogP contribution >= 0.6 is 11.6 Å². The van der Waals surface area contributed by atoms with Gasteiger partial charge in [0.25, 0.3) is 0 Å². The molecule has 0 aliphatic heterocycles. The molecule has 2 aromatic rings. The largest absolute Gasteiger partial charge is 0.331 e. The number of benzene rings is 1. The molecule has 0 spiro atoms. The molecule has 1 aliphatic rings. The Balaban J connectivity index is 1.80. The first-order valence-electron chi connectivity index (χ1n) is 6.08. The van der Waals surface area contributed by atoms with Gasteiger partial charge in [0.05, 0.1) is 11.0 Å². The molecule has 17 heavy (non-hydrogen) atoms. The van der Waals surface area contributed by atoms with Crippen LogP contribution in [0.5, 0.6) is 0 Å². The molecule has 0 radical (unpaired) electrons. The van der Waals surface area contributed by atoms with E-state index in [4.69, 9.17) is 11.6 Å². The standard InChI is InChI=1S/C13H16ClN3/c1-17-12-5-2-9(14)8-11(12)16-13(17)6-7-15-10-3-4-10/h2,5,8,10,15H,3-4,6-7H2,1H3. The first-order chi connectivity index (χ1) is 8.24. The number of imidazole rings is 1. The zero-order valence-electron chi connectivity index (χ0n) is 9.91. The van der Waals surface area contributed by atoms with Crippen molar-refractivity contribution in [1.82, 2.24) is 14.9 Å². The number of rotatable bonds is 4. The molecule has 1 aliphatic carbocycles. The van der Waals surface area contributed by atoms with Crippen LogP contribution in [0, 0.1) is 0 Å². The van der Waals surface area contributed by atoms with Gasteiger partial charge < -0.3 is 9.88 Å². The average molecular weight is 250 g/mol. The van der Waals surface area contributed by atoms with Crippen molar-refractivity contribution in [3.05, 3.63) is 29.0 Å². The molecule has 3 nitrogen and oxygen atoms in total. The Labute approximate surface area is 106 Å². The molecule has 0 bridgehead atoms. The lowest BCUT2D eigenvalue weighted by atomic mass is 10.3. The Morgan fingerprint density at radius 3 is 3.06 bits per heavy atom. The second kappa shape index (κ2) is 4.31. The maximum Gasteiger partial charge on any atom is 0.110 e. The van der Waals surface area contributed by atoms with Crippen molar-refractivity contribution < 1.29 is 0 Å². The molecule has 1 aromatic heterocycles. The topological polar surface area (TPSA) is 29.9 Å². The number of fused-ring (bicyclic) bond motifs is 1. The lowest BCUT2D eigenvalue weighted by Crippen LogP contribution is -2.20. The summed E-state index contributed by atoms with van der Waals surface area (Å²) in [6.07, 6.45) is 3.63. The molecule has 0 atom stereocenters. The molecule has 4 heteroatoms. The Kier molecular flexibility index (Phi) is 2.81. The molecule has 1 aromatic carbocycles. The van der Waals surface area contributed by atoms with Crippen molar-refractivity contribution in [2.75, 3.05) is 6.54 Å². The third kappa shape index (κ3) is 2.31. The van der Waals surface area contributed by atoms with Gasteiger partial charge >= 0.3 is 0 Å². The molecule has 0 saturated heterocycles. The Morgan fingerprint density at radius 2 is 2.29 bits per heavy atom. The quantitative estimate of drug-likeness (QED) is 0.903. The summed E-state index contributed by atoms with van der Waals surface area (Å²) in [4.78, 5) is 4.63. The summed E-state index contributed by atoms with van der Waals surface area (Å²) in [6, 6.07) is 6.63. The average Bonchev–Trinajstić information content (AvgIpc) is 3.06. The molecular formula is C13H16ClN3. The van der Waals surface area contributed by atoms with E-state index in [0.29, 0.717) is 0 Å². The van der Waals surface area contributed by atoms with Crippen LogP contribution in [0.2, 0.25) is 5.02 Å². The first-order valence-corrected chi connectivity index (χ1v) is 6.46. The van der Waals surface area contributed by atoms with E-state index in [-0.39, 0.29) is 0 Å². The minimum atomic E-state index is 0.748. The fraction of sp³-hybridized carbons (Fsp3) is 0.462. The molecule has 90 valence electrons. The highest BCUT2D eigenvalue weighted by molar-refractivity contribution is 6.31. The molecule has 1 heterocycles. The van der Waals surface area contributed by atoms with Gasteiger partial charge in [-0.2, -0.15) is 0 Å². The van der Waals surface area contributed by atoms with Gasteiger partial charge in [0.15, 0.2) is 0 Å². The third-order valence-electron chi connectivity index (χ3n) is 3.29. The Morgan fingerprint density at radius 1 is 1.47 bits per heavy atom. The number of hydrogen-bond acceptors (Lipinski definition) is 2. The van der Waals surface area contributed by atoms with Crippen LogP contribution in [0.15, 0.2) is 18.2 Å². The Hall–Kier alpha value is -1.06. The minimum Gasteiger partial charge on any atom is -0.331 e. The van der Waals surface area contributed by atoms with Crippen LogP contribution < -0.4 is 5.32 Å². The smallest absolute Gasteiger partial charge is 0.110 e. The highest BCUT2D eigenvalue weighted by Crippen LogP contribution is 2.20. The molecular weight excluding hydrogens is 234 g/mol. The van der Waals surface area contributed by atoms with Crippen molar-refractivity contribution in [1.29, 1.82) is 0 Å². The molecule has 0 unspecified atom stereocenters. The van der Waals surface area contributed by atoms with Crippen molar-refractivity contribution in [2.45, 2.75) is 25.3 Å². The molecule has 0 amide bonds. The van der Waals surface area contributed by atoms with E-state index in [1.165, 1.54) is 12.8 Å². The number of hydrogen-bond donors (Lipinski definition) is 1. The molecule has 1 N–H and O–H groups in total. The molecule has 3 rings (SSSR count). The van der Waals surface area contributed by atoms with Gasteiger partial charge in [0, 0.05) is 31.1 Å². The summed E-state index contributed by atoms with van der Waals surface area (Å²) < 4.78 is 2.15. The van der Waals surface area contributed by atoms with E-state index in [1.807, 2.05) is 18.2 Å². The summed E-state index contributed by atoms with van der Waals surface area (Å²) in [5, 5.41) is 4.26. The van der Waals surface area contributed by atoms with Crippen molar-refractivity contribution in [2.24, 2.45) is 7.05 Å². The van der Waals surface area contributed by atoms with Crippen LogP contribution in [-0.4, -0.2) is 22.1 Å². The number of aromatic nitrogens is 2. The summed E-state index contributed by atoms with van der Waals surface area (Å²) in [5.41, 5.74) is 2.14. The summed E-state index contributed by atoms with van der Waals surface area (Å²) in [5.74, 6) is 1.12. The van der Waals surface area contributed by atoms with Crippen LogP contribution in [-0.2, 0) is 13.5 Å². The van der Waals surface area contributed by atoms with E-state index < -0.39 is 0 Å². The fourth-order valence-electron chi connectivity index (χ4n) is 2.12. The minimum absolute atomic E-state index is 0.748. The normalized spacial score (nSPS) is 15.6. The predicted octanol–water partition coefficient (Wildman–Crippen LogP) is 2.52. The zero-order chi connectivity index (χ0) is 11.8. The maximum absolute atomic E-state index is 5.97. The van der Waals surface area contributed by atoms with E-state index in [9.17, 15) is 0 Å². The second-order valence-electron chi connectivity index (χ2n) is 4.70. The zero-order valence-corrected chi connectivity index (χ0v) is 10.7. The van der Waals surface area contributed by atoms with Gasteiger partial charge in [0.1, 0.15) is 5.82 Å². The fourth-order valence-corrected chi connectivity index (χ4v) is 2.29. The summed E-state index contributed by atoms with van der Waals surface area (Å²) >= 11 is 5.97. The van der Waals surface area contributed by atoms with Gasteiger partial charge in [-0.15, -0.1) is 0 Å². The van der Waals surface area contributed by atoms with E-state index in [2.05, 4.69) is 21.9 Å². The maximum atomic E-state index is 5.97. The predicted molar refractivity (Wildman–Crippen MR) is 70.5 cm³/mol. The third-order valence-corrected chi connectivity index (χ3v) is 3.53. The second-order valence-corrected chi connectivity index (χ2v) is 5.13. The number of nitrogens with one attached hydrogen (secondary N) is 1. The van der Waals surface area contributed by atoms with Gasteiger partial charge in [-0.1, -0.05) is 11.6 Å². The molecule has 1 fully saturated rings. The first kappa shape index (κ1) is 11.1. The summed E-state index contributed by atoms with van der Waals surface area (Å²) in [6.45, 7) is 1.01. The lowest BCUT2D eigenvalue weighted by molar-refractivity contribution is 0.654. The Bertz CT molecular complexity index is 543. The van der Waals surface area contributed by atoms with Crippen LogP contribution in [0.3, 0.4) is 0 Å². The highest BCUT2D eigenvalue weighted by Gasteiger charge is 2.20. The molecule has 1 saturated carbocycles. The SMILES string of the molecule is Cn1c(CCNC2CC2)nc2cc(Cl)ccc21. The van der Waals surface area contributed by atoms with Crippen molar-refractivity contribution in [3.8, 4) is 0 Å².